The van der Waals surface area contributed by atoms with Gasteiger partial charge in [0.15, 0.2) is 0 Å². The Morgan fingerprint density at radius 3 is 2.78 bits per heavy atom. The van der Waals surface area contributed by atoms with E-state index in [1.807, 2.05) is 38.1 Å². The first-order valence-corrected chi connectivity index (χ1v) is 9.66. The Morgan fingerprint density at radius 1 is 1.33 bits per heavy atom. The second kappa shape index (κ2) is 7.98. The molecule has 2 heterocycles. The smallest absolute Gasteiger partial charge is 0.321 e. The molecule has 1 aromatic carbocycles. The van der Waals surface area contributed by atoms with Crippen LogP contribution >= 0.6 is 0 Å². The zero-order valence-electron chi connectivity index (χ0n) is 16.0. The fourth-order valence-corrected chi connectivity index (χ4v) is 3.95. The maximum Gasteiger partial charge on any atom is 0.321 e. The first-order chi connectivity index (χ1) is 12.9. The third kappa shape index (κ3) is 3.91. The van der Waals surface area contributed by atoms with Crippen molar-refractivity contribution in [3.8, 4) is 0 Å². The molecular weight excluding hydrogens is 344 g/mol. The number of carbonyl (C=O) groups excluding carboxylic acids is 3. The number of rotatable bonds is 3. The molecule has 0 spiro atoms. The summed E-state index contributed by atoms with van der Waals surface area (Å²) >= 11 is 0. The van der Waals surface area contributed by atoms with Crippen molar-refractivity contribution < 1.29 is 14.4 Å². The van der Waals surface area contributed by atoms with Crippen molar-refractivity contribution in [3.05, 3.63) is 29.8 Å². The lowest BCUT2D eigenvalue weighted by Crippen LogP contribution is -2.55. The number of nitrogens with zero attached hydrogens (tertiary/aromatic N) is 2. The molecule has 3 rings (SSSR count). The van der Waals surface area contributed by atoms with Gasteiger partial charge >= 0.3 is 6.03 Å². The van der Waals surface area contributed by atoms with Gasteiger partial charge in [-0.1, -0.05) is 38.5 Å². The van der Waals surface area contributed by atoms with E-state index in [0.29, 0.717) is 26.1 Å². The largest absolute Gasteiger partial charge is 0.369 e. The van der Waals surface area contributed by atoms with Gasteiger partial charge in [-0.3, -0.25) is 9.59 Å². The number of piperidine rings is 1. The molecule has 3 unspecified atom stereocenters. The van der Waals surface area contributed by atoms with Crippen LogP contribution in [-0.4, -0.2) is 46.8 Å². The maximum absolute atomic E-state index is 13.4. The van der Waals surface area contributed by atoms with E-state index in [0.717, 1.165) is 24.1 Å². The van der Waals surface area contributed by atoms with Crippen LogP contribution in [0.4, 0.5) is 10.5 Å². The Balaban J connectivity index is 1.91. The molecule has 2 aliphatic rings. The lowest BCUT2D eigenvalue weighted by atomic mass is 9.96. The highest BCUT2D eigenvalue weighted by atomic mass is 16.2. The Bertz CT molecular complexity index is 736. The van der Waals surface area contributed by atoms with Gasteiger partial charge in [0.2, 0.25) is 11.8 Å². The van der Waals surface area contributed by atoms with Crippen LogP contribution in [0.5, 0.6) is 0 Å². The third-order valence-corrected chi connectivity index (χ3v) is 5.74. The average Bonchev–Trinajstić information content (AvgIpc) is 2.82. The van der Waals surface area contributed by atoms with Crippen LogP contribution < -0.4 is 11.1 Å². The molecule has 0 aliphatic carbocycles. The van der Waals surface area contributed by atoms with Crippen LogP contribution in [0.1, 0.15) is 38.7 Å². The van der Waals surface area contributed by atoms with Crippen molar-refractivity contribution in [3.63, 3.8) is 0 Å². The van der Waals surface area contributed by atoms with E-state index in [-0.39, 0.29) is 29.7 Å². The summed E-state index contributed by atoms with van der Waals surface area (Å²) in [6, 6.07) is 6.82. The number of carbonyl (C=O) groups is 3. The average molecular weight is 372 g/mol. The van der Waals surface area contributed by atoms with E-state index < -0.39 is 6.04 Å². The molecule has 0 saturated carbocycles. The van der Waals surface area contributed by atoms with Crippen molar-refractivity contribution in [1.29, 1.82) is 0 Å². The first-order valence-electron chi connectivity index (χ1n) is 9.66. The molecule has 0 bridgehead atoms. The summed E-state index contributed by atoms with van der Waals surface area (Å²) < 4.78 is 0. The van der Waals surface area contributed by atoms with Gasteiger partial charge in [-0.05, 0) is 30.4 Å². The molecule has 2 aliphatic heterocycles. The number of likely N-dealkylation sites (tertiary alicyclic amines) is 1. The molecule has 3 atom stereocenters. The van der Waals surface area contributed by atoms with Crippen LogP contribution in [0.3, 0.4) is 0 Å². The Hall–Kier alpha value is -2.57. The standard InChI is InChI=1S/C20H28N4O3/c1-3-13(2)17-19(26)22-16-9-5-4-7-14(16)12-24(17)20(27)23-10-6-8-15(11-23)18(21)25/h4-5,7,9,13,15,17H,3,6,8,10-12H2,1-2H3,(H2,21,25)(H,22,26). The predicted octanol–water partition coefficient (Wildman–Crippen LogP) is 2.17. The van der Waals surface area contributed by atoms with E-state index in [4.69, 9.17) is 5.73 Å². The van der Waals surface area contributed by atoms with E-state index in [2.05, 4.69) is 5.32 Å². The summed E-state index contributed by atoms with van der Waals surface area (Å²) in [6.07, 6.45) is 2.23. The summed E-state index contributed by atoms with van der Waals surface area (Å²) in [5.41, 5.74) is 7.12. The van der Waals surface area contributed by atoms with Crippen LogP contribution in [0, 0.1) is 11.8 Å². The SMILES string of the molecule is CCC(C)C1C(=O)Nc2ccccc2CN1C(=O)N1CCCC(C(N)=O)C1. The van der Waals surface area contributed by atoms with Crippen molar-refractivity contribution in [2.75, 3.05) is 18.4 Å². The quantitative estimate of drug-likeness (QED) is 0.851. The van der Waals surface area contributed by atoms with Gasteiger partial charge in [0.25, 0.3) is 0 Å². The molecule has 1 aromatic rings. The van der Waals surface area contributed by atoms with E-state index in [1.54, 1.807) is 9.80 Å². The molecule has 3 N–H and O–H groups in total. The number of urea groups is 1. The van der Waals surface area contributed by atoms with Crippen molar-refractivity contribution in [2.45, 2.75) is 45.7 Å². The zero-order chi connectivity index (χ0) is 19.6. The number of amides is 4. The predicted molar refractivity (Wildman–Crippen MR) is 103 cm³/mol. The molecule has 1 fully saturated rings. The van der Waals surface area contributed by atoms with Crippen LogP contribution in [0.2, 0.25) is 0 Å². The minimum absolute atomic E-state index is 0.0139. The number of para-hydroxylation sites is 1. The van der Waals surface area contributed by atoms with Gasteiger partial charge in [-0.25, -0.2) is 4.79 Å². The monoisotopic (exact) mass is 372 g/mol. The number of fused-ring (bicyclic) bond motifs is 1. The molecule has 0 aromatic heterocycles. The molecule has 7 heteroatoms. The van der Waals surface area contributed by atoms with Gasteiger partial charge in [-0.15, -0.1) is 0 Å². The molecular formula is C20H28N4O3. The first kappa shape index (κ1) is 19.2. The minimum atomic E-state index is -0.552. The fraction of sp³-hybridized carbons (Fsp3) is 0.550. The van der Waals surface area contributed by atoms with Crippen LogP contribution in [0.25, 0.3) is 0 Å². The normalized spacial score (nSPS) is 23.9. The van der Waals surface area contributed by atoms with Gasteiger partial charge < -0.3 is 20.9 Å². The highest BCUT2D eigenvalue weighted by molar-refractivity contribution is 5.99. The molecule has 4 amide bonds. The number of nitrogens with two attached hydrogens (primary N) is 1. The van der Waals surface area contributed by atoms with E-state index in [9.17, 15) is 14.4 Å². The van der Waals surface area contributed by atoms with E-state index >= 15 is 0 Å². The van der Waals surface area contributed by atoms with Crippen LogP contribution in [0.15, 0.2) is 24.3 Å². The van der Waals surface area contributed by atoms with Gasteiger partial charge in [-0.2, -0.15) is 0 Å². The van der Waals surface area contributed by atoms with Crippen molar-refractivity contribution in [2.24, 2.45) is 17.6 Å². The van der Waals surface area contributed by atoms with E-state index in [1.165, 1.54) is 0 Å². The molecule has 27 heavy (non-hydrogen) atoms. The number of hydrogen-bond donors (Lipinski definition) is 2. The highest BCUT2D eigenvalue weighted by Crippen LogP contribution is 2.29. The van der Waals surface area contributed by atoms with Gasteiger partial charge in [0.1, 0.15) is 6.04 Å². The number of hydrogen-bond acceptors (Lipinski definition) is 3. The summed E-state index contributed by atoms with van der Waals surface area (Å²) in [5, 5.41) is 2.98. The number of primary amides is 1. The molecule has 0 radical (unpaired) electrons. The van der Waals surface area contributed by atoms with Crippen molar-refractivity contribution >= 4 is 23.5 Å². The second-order valence-corrected chi connectivity index (χ2v) is 7.57. The second-order valence-electron chi connectivity index (χ2n) is 7.57. The van der Waals surface area contributed by atoms with Gasteiger partial charge in [0.05, 0.1) is 12.5 Å². The number of anilines is 1. The Morgan fingerprint density at radius 2 is 2.07 bits per heavy atom. The summed E-state index contributed by atoms with van der Waals surface area (Å²) in [4.78, 5) is 41.3. The third-order valence-electron chi connectivity index (χ3n) is 5.74. The number of nitrogens with one attached hydrogen (secondary N) is 1. The topological polar surface area (TPSA) is 95.7 Å². The summed E-state index contributed by atoms with van der Waals surface area (Å²) in [6.45, 7) is 5.27. The zero-order valence-corrected chi connectivity index (χ0v) is 16.0. The maximum atomic E-state index is 13.4. The summed E-state index contributed by atoms with van der Waals surface area (Å²) in [7, 11) is 0. The lowest BCUT2D eigenvalue weighted by molar-refractivity contribution is -0.124. The highest BCUT2D eigenvalue weighted by Gasteiger charge is 2.39. The van der Waals surface area contributed by atoms with Gasteiger partial charge in [0, 0.05) is 18.8 Å². The summed E-state index contributed by atoms with van der Waals surface area (Å²) in [5.74, 6) is -0.839. The number of benzene rings is 1. The van der Waals surface area contributed by atoms with Crippen molar-refractivity contribution in [1.82, 2.24) is 9.80 Å². The fourth-order valence-electron chi connectivity index (χ4n) is 3.95. The molecule has 1 saturated heterocycles. The molecule has 7 nitrogen and oxygen atoms in total. The Labute approximate surface area is 159 Å². The molecule has 146 valence electrons. The lowest BCUT2D eigenvalue weighted by Gasteiger charge is -2.39. The Kier molecular flexibility index (Phi) is 5.68. The van der Waals surface area contributed by atoms with Crippen LogP contribution in [-0.2, 0) is 16.1 Å². The minimum Gasteiger partial charge on any atom is -0.369 e.